The molecule has 68 valence electrons. The topological polar surface area (TPSA) is 29.5 Å². The number of nitrogens with zero attached hydrogens (tertiary/aromatic N) is 1. The number of hydrogen-bond acceptors (Lipinski definition) is 2. The van der Waals surface area contributed by atoms with E-state index < -0.39 is 0 Å². The van der Waals surface area contributed by atoms with Crippen molar-refractivity contribution in [2.45, 2.75) is 19.9 Å². The van der Waals surface area contributed by atoms with Crippen LogP contribution in [-0.2, 0) is 4.74 Å². The van der Waals surface area contributed by atoms with Crippen LogP contribution in [0.3, 0.4) is 0 Å². The molecule has 3 nitrogen and oxygen atoms in total. The molecule has 0 bridgehead atoms. The van der Waals surface area contributed by atoms with E-state index in [4.69, 9.17) is 0 Å². The van der Waals surface area contributed by atoms with Gasteiger partial charge in [0.25, 0.3) is 0 Å². The molecule has 0 saturated heterocycles. The Morgan fingerprint density at radius 2 is 2.17 bits per heavy atom. The SMILES string of the molecule is COC(=O)N1CC(C)C=CC1C. The van der Waals surface area contributed by atoms with Crippen LogP contribution in [0.2, 0.25) is 0 Å². The summed E-state index contributed by atoms with van der Waals surface area (Å²) in [6.45, 7) is 4.82. The quantitative estimate of drug-likeness (QED) is 0.516. The number of rotatable bonds is 0. The Kier molecular flexibility index (Phi) is 2.74. The van der Waals surface area contributed by atoms with E-state index in [9.17, 15) is 4.79 Å². The highest BCUT2D eigenvalue weighted by molar-refractivity contribution is 5.68. The molecule has 1 rings (SSSR count). The zero-order valence-corrected chi connectivity index (χ0v) is 7.78. The number of amides is 1. The smallest absolute Gasteiger partial charge is 0.409 e. The molecule has 0 aromatic carbocycles. The lowest BCUT2D eigenvalue weighted by Gasteiger charge is -2.31. The van der Waals surface area contributed by atoms with Gasteiger partial charge in [0, 0.05) is 6.54 Å². The Morgan fingerprint density at radius 1 is 1.50 bits per heavy atom. The van der Waals surface area contributed by atoms with Crippen molar-refractivity contribution in [3.63, 3.8) is 0 Å². The average molecular weight is 169 g/mol. The van der Waals surface area contributed by atoms with Gasteiger partial charge in [-0.05, 0) is 12.8 Å². The summed E-state index contributed by atoms with van der Waals surface area (Å²) >= 11 is 0. The minimum absolute atomic E-state index is 0.161. The highest BCUT2D eigenvalue weighted by Crippen LogP contribution is 2.14. The van der Waals surface area contributed by atoms with Crippen molar-refractivity contribution in [2.24, 2.45) is 5.92 Å². The lowest BCUT2D eigenvalue weighted by atomic mass is 10.0. The first-order valence-electron chi connectivity index (χ1n) is 4.18. The second-order valence-corrected chi connectivity index (χ2v) is 3.23. The molecule has 1 amide bonds. The van der Waals surface area contributed by atoms with Gasteiger partial charge in [-0.25, -0.2) is 4.79 Å². The van der Waals surface area contributed by atoms with E-state index in [0.29, 0.717) is 5.92 Å². The van der Waals surface area contributed by atoms with Crippen LogP contribution < -0.4 is 0 Å². The number of carbonyl (C=O) groups excluding carboxylic acids is 1. The zero-order valence-electron chi connectivity index (χ0n) is 7.78. The predicted molar refractivity (Wildman–Crippen MR) is 46.9 cm³/mol. The summed E-state index contributed by atoms with van der Waals surface area (Å²) in [7, 11) is 1.41. The summed E-state index contributed by atoms with van der Waals surface area (Å²) in [5.74, 6) is 0.431. The average Bonchev–Trinajstić information content (AvgIpc) is 2.08. The van der Waals surface area contributed by atoms with Gasteiger partial charge in [-0.1, -0.05) is 19.1 Å². The first-order chi connectivity index (χ1) is 5.65. The van der Waals surface area contributed by atoms with E-state index in [1.54, 1.807) is 4.90 Å². The largest absolute Gasteiger partial charge is 0.453 e. The van der Waals surface area contributed by atoms with Crippen LogP contribution in [-0.4, -0.2) is 30.7 Å². The molecule has 0 aromatic rings. The number of carbonyl (C=O) groups is 1. The third-order valence-corrected chi connectivity index (χ3v) is 2.10. The van der Waals surface area contributed by atoms with Gasteiger partial charge in [-0.3, -0.25) is 0 Å². The van der Waals surface area contributed by atoms with Crippen LogP contribution in [0, 0.1) is 5.92 Å². The zero-order chi connectivity index (χ0) is 9.14. The number of hydrogen-bond donors (Lipinski definition) is 0. The molecule has 2 unspecified atom stereocenters. The Bertz CT molecular complexity index is 201. The molecule has 12 heavy (non-hydrogen) atoms. The van der Waals surface area contributed by atoms with Crippen LogP contribution in [0.25, 0.3) is 0 Å². The van der Waals surface area contributed by atoms with Crippen LogP contribution in [0.4, 0.5) is 4.79 Å². The van der Waals surface area contributed by atoms with Gasteiger partial charge < -0.3 is 9.64 Å². The Morgan fingerprint density at radius 3 is 2.75 bits per heavy atom. The molecular weight excluding hydrogens is 154 g/mol. The molecule has 0 radical (unpaired) electrons. The molecule has 0 fully saturated rings. The fourth-order valence-corrected chi connectivity index (χ4v) is 1.35. The first kappa shape index (κ1) is 9.10. The molecule has 0 N–H and O–H groups in total. The van der Waals surface area contributed by atoms with Crippen molar-refractivity contribution in [2.75, 3.05) is 13.7 Å². The third kappa shape index (κ3) is 1.78. The summed E-state index contributed by atoms with van der Waals surface area (Å²) in [6.07, 6.45) is 3.92. The van der Waals surface area contributed by atoms with Crippen LogP contribution in [0.15, 0.2) is 12.2 Å². The highest BCUT2D eigenvalue weighted by Gasteiger charge is 2.23. The second-order valence-electron chi connectivity index (χ2n) is 3.23. The maximum Gasteiger partial charge on any atom is 0.409 e. The van der Waals surface area contributed by atoms with Crippen molar-refractivity contribution in [1.82, 2.24) is 4.90 Å². The van der Waals surface area contributed by atoms with Crippen molar-refractivity contribution in [3.05, 3.63) is 12.2 Å². The standard InChI is InChI=1S/C9H15NO2/c1-7-4-5-8(2)10(6-7)9(11)12-3/h4-5,7-8H,6H2,1-3H3. The van der Waals surface area contributed by atoms with Gasteiger partial charge in [0.1, 0.15) is 0 Å². The number of ether oxygens (including phenoxy) is 1. The highest BCUT2D eigenvalue weighted by atomic mass is 16.5. The van der Waals surface area contributed by atoms with Gasteiger partial charge in [0.05, 0.1) is 13.2 Å². The molecule has 1 aliphatic heterocycles. The molecule has 1 aliphatic rings. The Labute approximate surface area is 73.0 Å². The second kappa shape index (κ2) is 3.61. The minimum atomic E-state index is -0.237. The number of methoxy groups -OCH3 is 1. The van der Waals surface area contributed by atoms with Gasteiger partial charge in [0.2, 0.25) is 0 Å². The predicted octanol–water partition coefficient (Wildman–Crippen LogP) is 1.65. The van der Waals surface area contributed by atoms with E-state index in [2.05, 4.69) is 17.7 Å². The molecule has 3 heteroatoms. The normalized spacial score (nSPS) is 28.8. The van der Waals surface area contributed by atoms with Crippen LogP contribution in [0.1, 0.15) is 13.8 Å². The van der Waals surface area contributed by atoms with E-state index in [1.807, 2.05) is 13.0 Å². The summed E-state index contributed by atoms with van der Waals surface area (Å²) < 4.78 is 4.66. The minimum Gasteiger partial charge on any atom is -0.453 e. The summed E-state index contributed by atoms with van der Waals surface area (Å²) in [6, 6.07) is 0.161. The summed E-state index contributed by atoms with van der Waals surface area (Å²) in [4.78, 5) is 12.9. The van der Waals surface area contributed by atoms with Crippen LogP contribution in [0.5, 0.6) is 0 Å². The maximum absolute atomic E-state index is 11.2. The molecule has 2 atom stereocenters. The molecule has 1 heterocycles. The van der Waals surface area contributed by atoms with E-state index in [0.717, 1.165) is 6.54 Å². The fourth-order valence-electron chi connectivity index (χ4n) is 1.35. The lowest BCUT2D eigenvalue weighted by Crippen LogP contribution is -2.42. The van der Waals surface area contributed by atoms with Gasteiger partial charge in [0.15, 0.2) is 0 Å². The molecule has 0 aromatic heterocycles. The van der Waals surface area contributed by atoms with Crippen LogP contribution >= 0.6 is 0 Å². The Balaban J connectivity index is 2.65. The van der Waals surface area contributed by atoms with Crippen molar-refractivity contribution in [3.8, 4) is 0 Å². The molecule has 0 spiro atoms. The summed E-state index contributed by atoms with van der Waals surface area (Å²) in [5, 5.41) is 0. The van der Waals surface area contributed by atoms with E-state index >= 15 is 0 Å². The van der Waals surface area contributed by atoms with Crippen molar-refractivity contribution in [1.29, 1.82) is 0 Å². The van der Waals surface area contributed by atoms with Crippen molar-refractivity contribution >= 4 is 6.09 Å². The summed E-state index contributed by atoms with van der Waals surface area (Å²) in [5.41, 5.74) is 0. The van der Waals surface area contributed by atoms with Gasteiger partial charge in [-0.2, -0.15) is 0 Å². The van der Waals surface area contributed by atoms with E-state index in [1.165, 1.54) is 7.11 Å². The first-order valence-corrected chi connectivity index (χ1v) is 4.18. The fraction of sp³-hybridized carbons (Fsp3) is 0.667. The van der Waals surface area contributed by atoms with Gasteiger partial charge in [-0.15, -0.1) is 0 Å². The van der Waals surface area contributed by atoms with Crippen molar-refractivity contribution < 1.29 is 9.53 Å². The monoisotopic (exact) mass is 169 g/mol. The lowest BCUT2D eigenvalue weighted by molar-refractivity contribution is 0.109. The van der Waals surface area contributed by atoms with E-state index in [-0.39, 0.29) is 12.1 Å². The third-order valence-electron chi connectivity index (χ3n) is 2.10. The Hall–Kier alpha value is -0.990. The maximum atomic E-state index is 11.2. The van der Waals surface area contributed by atoms with Gasteiger partial charge >= 0.3 is 6.09 Å². The molecule has 0 saturated carbocycles. The molecule has 0 aliphatic carbocycles. The molecular formula is C9H15NO2.